The van der Waals surface area contributed by atoms with E-state index in [0.717, 1.165) is 54.4 Å². The highest BCUT2D eigenvalue weighted by molar-refractivity contribution is 5.57. The summed E-state index contributed by atoms with van der Waals surface area (Å²) >= 11 is 0. The van der Waals surface area contributed by atoms with Crippen LogP contribution in [0.3, 0.4) is 0 Å². The summed E-state index contributed by atoms with van der Waals surface area (Å²) in [4.78, 5) is 14.0. The van der Waals surface area contributed by atoms with Crippen molar-refractivity contribution in [1.82, 2.24) is 20.3 Å². The molecule has 4 heteroatoms. The molecular weight excluding hydrogens is 248 g/mol. The van der Waals surface area contributed by atoms with Crippen molar-refractivity contribution in [2.75, 3.05) is 0 Å². The number of nitrogens with zero attached hydrogens (tertiary/aromatic N) is 3. The Morgan fingerprint density at radius 1 is 1.05 bits per heavy atom. The predicted octanol–water partition coefficient (Wildman–Crippen LogP) is 2.71. The molecule has 2 aromatic heterocycles. The van der Waals surface area contributed by atoms with E-state index in [1.54, 1.807) is 0 Å². The Labute approximate surface area is 119 Å². The first kappa shape index (κ1) is 13.2. The molecule has 0 radical (unpaired) electrons. The minimum absolute atomic E-state index is 0.838. The van der Waals surface area contributed by atoms with E-state index in [0.29, 0.717) is 0 Å². The molecule has 1 aliphatic rings. The summed E-state index contributed by atoms with van der Waals surface area (Å²) in [7, 11) is 0. The minimum atomic E-state index is 0.838. The second kappa shape index (κ2) is 5.29. The Kier molecular flexibility index (Phi) is 3.49. The summed E-state index contributed by atoms with van der Waals surface area (Å²) < 4.78 is 0. The highest BCUT2D eigenvalue weighted by atomic mass is 15.0. The van der Waals surface area contributed by atoms with E-state index in [1.165, 1.54) is 11.3 Å². The molecule has 1 aliphatic heterocycles. The second-order valence-electron chi connectivity index (χ2n) is 5.41. The van der Waals surface area contributed by atoms with Crippen LogP contribution in [0.15, 0.2) is 12.1 Å². The van der Waals surface area contributed by atoms with Crippen LogP contribution in [0.25, 0.3) is 11.4 Å². The first-order chi connectivity index (χ1) is 9.67. The van der Waals surface area contributed by atoms with E-state index in [-0.39, 0.29) is 0 Å². The summed E-state index contributed by atoms with van der Waals surface area (Å²) in [5.74, 6) is 0.838. The molecule has 0 unspecified atom stereocenters. The molecule has 0 amide bonds. The molecular formula is C16H20N4. The van der Waals surface area contributed by atoms with Crippen LogP contribution in [-0.2, 0) is 19.5 Å². The third-order valence-electron chi connectivity index (χ3n) is 3.60. The zero-order valence-electron chi connectivity index (χ0n) is 12.3. The van der Waals surface area contributed by atoms with Gasteiger partial charge in [0.15, 0.2) is 5.82 Å². The highest BCUT2D eigenvalue weighted by Gasteiger charge is 2.19. The number of nitrogens with one attached hydrogen (secondary N) is 1. The van der Waals surface area contributed by atoms with Crippen molar-refractivity contribution in [3.8, 4) is 11.4 Å². The van der Waals surface area contributed by atoms with E-state index in [9.17, 15) is 0 Å². The molecule has 0 aliphatic carbocycles. The molecule has 3 rings (SSSR count). The van der Waals surface area contributed by atoms with Gasteiger partial charge in [0.1, 0.15) is 0 Å². The number of fused-ring (bicyclic) bond motifs is 1. The molecule has 0 atom stereocenters. The Hall–Kier alpha value is -1.81. The second-order valence-corrected chi connectivity index (χ2v) is 5.41. The lowest BCUT2D eigenvalue weighted by Gasteiger charge is -2.10. The summed E-state index contributed by atoms with van der Waals surface area (Å²) in [6.45, 7) is 7.97. The lowest BCUT2D eigenvalue weighted by Crippen LogP contribution is -2.04. The van der Waals surface area contributed by atoms with Crippen molar-refractivity contribution in [3.05, 3.63) is 40.5 Å². The maximum Gasteiger partial charge on any atom is 0.159 e. The van der Waals surface area contributed by atoms with Crippen LogP contribution in [0, 0.1) is 13.8 Å². The first-order valence-electron chi connectivity index (χ1n) is 7.22. The lowest BCUT2D eigenvalue weighted by molar-refractivity contribution is 0.753. The van der Waals surface area contributed by atoms with E-state index >= 15 is 0 Å². The lowest BCUT2D eigenvalue weighted by atomic mass is 10.1. The molecule has 0 fully saturated rings. The maximum absolute atomic E-state index is 4.81. The van der Waals surface area contributed by atoms with Gasteiger partial charge in [-0.3, -0.25) is 4.98 Å². The standard InChI is InChI=1S/C16H20N4/c1-4-5-14-13-8-17-9-15(13)20-16(19-14)12-6-10(2)18-11(3)7-12/h6-7,17H,4-5,8-9H2,1-3H3. The molecule has 0 aromatic carbocycles. The van der Waals surface area contributed by atoms with E-state index in [1.807, 2.05) is 13.8 Å². The number of rotatable bonds is 3. The predicted molar refractivity (Wildman–Crippen MR) is 79.3 cm³/mol. The normalized spacial score (nSPS) is 13.6. The quantitative estimate of drug-likeness (QED) is 0.930. The van der Waals surface area contributed by atoms with Gasteiger partial charge in [0.2, 0.25) is 0 Å². The Morgan fingerprint density at radius 3 is 2.50 bits per heavy atom. The maximum atomic E-state index is 4.81. The van der Waals surface area contributed by atoms with Gasteiger partial charge in [-0.05, 0) is 32.4 Å². The van der Waals surface area contributed by atoms with Crippen LogP contribution in [0.1, 0.15) is 41.7 Å². The van der Waals surface area contributed by atoms with Crippen molar-refractivity contribution in [2.24, 2.45) is 0 Å². The van der Waals surface area contributed by atoms with Gasteiger partial charge in [0.25, 0.3) is 0 Å². The van der Waals surface area contributed by atoms with E-state index in [2.05, 4.69) is 29.4 Å². The topological polar surface area (TPSA) is 50.7 Å². The molecule has 0 bridgehead atoms. The third-order valence-corrected chi connectivity index (χ3v) is 3.60. The first-order valence-corrected chi connectivity index (χ1v) is 7.22. The fourth-order valence-corrected chi connectivity index (χ4v) is 2.77. The number of aromatic nitrogens is 3. The summed E-state index contributed by atoms with van der Waals surface area (Å²) in [5, 5.41) is 3.37. The number of hydrogen-bond donors (Lipinski definition) is 1. The van der Waals surface area contributed by atoms with Crippen molar-refractivity contribution < 1.29 is 0 Å². The van der Waals surface area contributed by atoms with E-state index in [4.69, 9.17) is 9.97 Å². The molecule has 0 saturated heterocycles. The summed E-state index contributed by atoms with van der Waals surface area (Å²) in [6, 6.07) is 4.12. The zero-order valence-corrected chi connectivity index (χ0v) is 12.3. The molecule has 0 spiro atoms. The van der Waals surface area contributed by atoms with Crippen molar-refractivity contribution in [3.63, 3.8) is 0 Å². The van der Waals surface area contributed by atoms with Crippen molar-refractivity contribution in [2.45, 2.75) is 46.7 Å². The molecule has 0 saturated carbocycles. The molecule has 1 N–H and O–H groups in total. The molecule has 20 heavy (non-hydrogen) atoms. The fraction of sp³-hybridized carbons (Fsp3) is 0.438. The van der Waals surface area contributed by atoms with Gasteiger partial charge in [-0.15, -0.1) is 0 Å². The molecule has 2 aromatic rings. The smallest absolute Gasteiger partial charge is 0.159 e. The van der Waals surface area contributed by atoms with Crippen LogP contribution in [0.5, 0.6) is 0 Å². The van der Waals surface area contributed by atoms with Gasteiger partial charge < -0.3 is 5.32 Å². The van der Waals surface area contributed by atoms with Crippen molar-refractivity contribution >= 4 is 0 Å². The molecule has 104 valence electrons. The molecule has 4 nitrogen and oxygen atoms in total. The van der Waals surface area contributed by atoms with Gasteiger partial charge in [0, 0.05) is 41.3 Å². The average Bonchev–Trinajstić information content (AvgIpc) is 2.86. The zero-order chi connectivity index (χ0) is 14.1. The van der Waals surface area contributed by atoms with Gasteiger partial charge in [-0.1, -0.05) is 13.3 Å². The number of aryl methyl sites for hydroxylation is 3. The van der Waals surface area contributed by atoms with Crippen molar-refractivity contribution in [1.29, 1.82) is 0 Å². The van der Waals surface area contributed by atoms with Gasteiger partial charge in [0.05, 0.1) is 5.69 Å². The van der Waals surface area contributed by atoms with Crippen LogP contribution in [0.4, 0.5) is 0 Å². The van der Waals surface area contributed by atoms with Gasteiger partial charge >= 0.3 is 0 Å². The van der Waals surface area contributed by atoms with Crippen LogP contribution in [0.2, 0.25) is 0 Å². The van der Waals surface area contributed by atoms with Crippen LogP contribution >= 0.6 is 0 Å². The fourth-order valence-electron chi connectivity index (χ4n) is 2.77. The minimum Gasteiger partial charge on any atom is -0.307 e. The van der Waals surface area contributed by atoms with Crippen LogP contribution < -0.4 is 5.32 Å². The monoisotopic (exact) mass is 268 g/mol. The van der Waals surface area contributed by atoms with Gasteiger partial charge in [-0.2, -0.15) is 0 Å². The highest BCUT2D eigenvalue weighted by Crippen LogP contribution is 2.24. The average molecular weight is 268 g/mol. The largest absolute Gasteiger partial charge is 0.307 e. The summed E-state index contributed by atoms with van der Waals surface area (Å²) in [6.07, 6.45) is 2.12. The van der Waals surface area contributed by atoms with Crippen LogP contribution in [-0.4, -0.2) is 15.0 Å². The Balaban J connectivity index is 2.12. The third kappa shape index (κ3) is 2.43. The SMILES string of the molecule is CCCc1nc(-c2cc(C)nc(C)c2)nc2c1CNC2. The Bertz CT molecular complexity index is 629. The van der Waals surface area contributed by atoms with E-state index < -0.39 is 0 Å². The van der Waals surface area contributed by atoms with Gasteiger partial charge in [-0.25, -0.2) is 9.97 Å². The number of pyridine rings is 1. The number of hydrogen-bond acceptors (Lipinski definition) is 4. The summed E-state index contributed by atoms with van der Waals surface area (Å²) in [5.41, 5.74) is 6.76. The molecule has 3 heterocycles. The Morgan fingerprint density at radius 2 is 1.80 bits per heavy atom.